The first-order chi connectivity index (χ1) is 9.48. The zero-order chi connectivity index (χ0) is 14.3. The van der Waals surface area contributed by atoms with Crippen molar-refractivity contribution in [2.45, 2.75) is 18.2 Å². The third-order valence-corrected chi connectivity index (χ3v) is 5.30. The molecule has 1 aliphatic heterocycles. The predicted molar refractivity (Wildman–Crippen MR) is 80.3 cm³/mol. The Morgan fingerprint density at radius 2 is 1.90 bits per heavy atom. The highest BCUT2D eigenvalue weighted by atomic mass is 32.2. The van der Waals surface area contributed by atoms with Crippen LogP contribution in [0.25, 0.3) is 0 Å². The molecule has 0 bridgehead atoms. The van der Waals surface area contributed by atoms with E-state index in [-0.39, 0.29) is 4.90 Å². The number of nitrogens with zero attached hydrogens (tertiary/aromatic N) is 1. The Bertz CT molecular complexity index is 749. The fraction of sp³-hybridized carbons (Fsp3) is 0.200. The molecule has 4 nitrogen and oxygen atoms in total. The van der Waals surface area contributed by atoms with Crippen molar-refractivity contribution >= 4 is 21.4 Å². The van der Waals surface area contributed by atoms with E-state index in [2.05, 4.69) is 0 Å². The quantitative estimate of drug-likeness (QED) is 0.863. The van der Waals surface area contributed by atoms with Gasteiger partial charge >= 0.3 is 0 Å². The molecule has 0 aromatic heterocycles. The lowest BCUT2D eigenvalue weighted by atomic mass is 10.2. The van der Waals surface area contributed by atoms with Crippen molar-refractivity contribution in [3.63, 3.8) is 0 Å². The number of hydrogen-bond acceptors (Lipinski definition) is 3. The molecule has 104 valence electrons. The van der Waals surface area contributed by atoms with E-state index < -0.39 is 10.0 Å². The number of benzene rings is 2. The van der Waals surface area contributed by atoms with Crippen LogP contribution in [0.15, 0.2) is 47.4 Å². The van der Waals surface area contributed by atoms with Crippen molar-refractivity contribution in [3.8, 4) is 0 Å². The molecule has 0 unspecified atom stereocenters. The van der Waals surface area contributed by atoms with Gasteiger partial charge in [0.1, 0.15) is 0 Å². The van der Waals surface area contributed by atoms with Gasteiger partial charge in [-0.05, 0) is 48.7 Å². The summed E-state index contributed by atoms with van der Waals surface area (Å²) in [5, 5.41) is 0. The summed E-state index contributed by atoms with van der Waals surface area (Å²) in [5.41, 5.74) is 8.92. The van der Waals surface area contributed by atoms with E-state index >= 15 is 0 Å². The molecule has 1 aliphatic rings. The van der Waals surface area contributed by atoms with Crippen LogP contribution < -0.4 is 10.0 Å². The lowest BCUT2D eigenvalue weighted by Crippen LogP contribution is -2.29. The van der Waals surface area contributed by atoms with Crippen molar-refractivity contribution in [1.82, 2.24) is 0 Å². The van der Waals surface area contributed by atoms with Crippen LogP contribution in [0.5, 0.6) is 0 Å². The molecule has 0 fully saturated rings. The van der Waals surface area contributed by atoms with Gasteiger partial charge in [0, 0.05) is 12.2 Å². The number of rotatable bonds is 2. The zero-order valence-electron chi connectivity index (χ0n) is 11.2. The smallest absolute Gasteiger partial charge is 0.264 e. The van der Waals surface area contributed by atoms with Crippen LogP contribution in [0.3, 0.4) is 0 Å². The first kappa shape index (κ1) is 13.0. The highest BCUT2D eigenvalue weighted by Gasteiger charge is 2.30. The molecule has 20 heavy (non-hydrogen) atoms. The van der Waals surface area contributed by atoms with E-state index in [1.54, 1.807) is 12.1 Å². The summed E-state index contributed by atoms with van der Waals surface area (Å²) >= 11 is 0. The maximum absolute atomic E-state index is 12.8. The standard InChI is InChI=1S/C15H16N2O2S/c1-11-8-13(16)10-14(9-11)20(18,19)17-7-6-12-4-2-3-5-15(12)17/h2-5,8-10H,6-7,16H2,1H3. The summed E-state index contributed by atoms with van der Waals surface area (Å²) in [6, 6.07) is 12.5. The summed E-state index contributed by atoms with van der Waals surface area (Å²) in [7, 11) is -3.54. The van der Waals surface area contributed by atoms with Crippen LogP contribution in [-0.2, 0) is 16.4 Å². The van der Waals surface area contributed by atoms with E-state index in [4.69, 9.17) is 5.73 Å². The van der Waals surface area contributed by atoms with Gasteiger partial charge in [0.2, 0.25) is 0 Å². The zero-order valence-corrected chi connectivity index (χ0v) is 12.0. The third-order valence-electron chi connectivity index (χ3n) is 3.51. The second kappa shape index (κ2) is 4.52. The van der Waals surface area contributed by atoms with Crippen molar-refractivity contribution < 1.29 is 8.42 Å². The van der Waals surface area contributed by atoms with Crippen LogP contribution in [0.2, 0.25) is 0 Å². The fourth-order valence-electron chi connectivity index (χ4n) is 2.61. The van der Waals surface area contributed by atoms with Crippen molar-refractivity contribution in [3.05, 3.63) is 53.6 Å². The lowest BCUT2D eigenvalue weighted by molar-refractivity contribution is 0.592. The number of para-hydroxylation sites is 1. The summed E-state index contributed by atoms with van der Waals surface area (Å²) in [6.45, 7) is 2.32. The molecule has 0 aliphatic carbocycles. The highest BCUT2D eigenvalue weighted by molar-refractivity contribution is 7.92. The van der Waals surface area contributed by atoms with Gasteiger partial charge in [0.25, 0.3) is 10.0 Å². The number of hydrogen-bond donors (Lipinski definition) is 1. The minimum absolute atomic E-state index is 0.256. The minimum Gasteiger partial charge on any atom is -0.399 e. The Morgan fingerprint density at radius 1 is 1.15 bits per heavy atom. The topological polar surface area (TPSA) is 63.4 Å². The summed E-state index contributed by atoms with van der Waals surface area (Å²) in [6.07, 6.45) is 0.747. The summed E-state index contributed by atoms with van der Waals surface area (Å²) in [5.74, 6) is 0. The maximum Gasteiger partial charge on any atom is 0.264 e. The summed E-state index contributed by atoms with van der Waals surface area (Å²) in [4.78, 5) is 0.256. The summed E-state index contributed by atoms with van der Waals surface area (Å²) < 4.78 is 27.0. The van der Waals surface area contributed by atoms with Crippen LogP contribution >= 0.6 is 0 Å². The van der Waals surface area contributed by atoms with Gasteiger partial charge in [0.15, 0.2) is 0 Å². The molecular weight excluding hydrogens is 272 g/mol. The third kappa shape index (κ3) is 2.04. The molecule has 0 saturated carbocycles. The first-order valence-corrected chi connectivity index (χ1v) is 7.90. The Hall–Kier alpha value is -2.01. The van der Waals surface area contributed by atoms with E-state index in [1.165, 1.54) is 10.4 Å². The van der Waals surface area contributed by atoms with Crippen LogP contribution in [0.1, 0.15) is 11.1 Å². The minimum atomic E-state index is -3.54. The molecule has 0 spiro atoms. The van der Waals surface area contributed by atoms with Crippen LogP contribution in [0.4, 0.5) is 11.4 Å². The van der Waals surface area contributed by atoms with Gasteiger partial charge in [0.05, 0.1) is 10.6 Å². The SMILES string of the molecule is Cc1cc(N)cc(S(=O)(=O)N2CCc3ccccc32)c1. The molecule has 0 saturated heterocycles. The number of nitrogens with two attached hydrogens (primary N) is 1. The number of anilines is 2. The molecule has 0 radical (unpaired) electrons. The Labute approximate surface area is 118 Å². The molecule has 2 aromatic carbocycles. The number of nitrogen functional groups attached to an aromatic ring is 1. The monoisotopic (exact) mass is 288 g/mol. The molecule has 0 amide bonds. The molecule has 1 heterocycles. The Morgan fingerprint density at radius 3 is 2.65 bits per heavy atom. The van der Waals surface area contributed by atoms with Crippen LogP contribution in [-0.4, -0.2) is 15.0 Å². The van der Waals surface area contributed by atoms with Crippen LogP contribution in [0, 0.1) is 6.92 Å². The van der Waals surface area contributed by atoms with E-state index in [9.17, 15) is 8.42 Å². The normalized spacial score (nSPS) is 14.3. The Kier molecular flexibility index (Phi) is 2.94. The molecule has 3 rings (SSSR count). The number of aryl methyl sites for hydroxylation is 1. The largest absolute Gasteiger partial charge is 0.399 e. The van der Waals surface area contributed by atoms with Crippen molar-refractivity contribution in [2.75, 3.05) is 16.6 Å². The fourth-order valence-corrected chi connectivity index (χ4v) is 4.25. The molecule has 0 atom stereocenters. The van der Waals surface area contributed by atoms with Crippen molar-refractivity contribution in [2.24, 2.45) is 0 Å². The Balaban J connectivity index is 2.10. The first-order valence-electron chi connectivity index (χ1n) is 6.46. The second-order valence-electron chi connectivity index (χ2n) is 5.04. The van der Waals surface area contributed by atoms with Gasteiger partial charge in [-0.3, -0.25) is 4.31 Å². The number of fused-ring (bicyclic) bond motifs is 1. The van der Waals surface area contributed by atoms with E-state index in [1.807, 2.05) is 31.2 Å². The maximum atomic E-state index is 12.8. The molecule has 5 heteroatoms. The average Bonchev–Trinajstić information content (AvgIpc) is 2.82. The molecule has 2 N–H and O–H groups in total. The van der Waals surface area contributed by atoms with Gasteiger partial charge in [-0.1, -0.05) is 18.2 Å². The average molecular weight is 288 g/mol. The lowest BCUT2D eigenvalue weighted by Gasteiger charge is -2.20. The molecule has 2 aromatic rings. The second-order valence-corrected chi connectivity index (χ2v) is 6.90. The van der Waals surface area contributed by atoms with Crippen molar-refractivity contribution in [1.29, 1.82) is 0 Å². The van der Waals surface area contributed by atoms with Gasteiger partial charge in [-0.15, -0.1) is 0 Å². The van der Waals surface area contributed by atoms with Gasteiger partial charge < -0.3 is 5.73 Å². The van der Waals surface area contributed by atoms with Gasteiger partial charge in [-0.25, -0.2) is 8.42 Å². The predicted octanol–water partition coefficient (Wildman–Crippen LogP) is 2.33. The number of sulfonamides is 1. The van der Waals surface area contributed by atoms with E-state index in [0.717, 1.165) is 23.2 Å². The van der Waals surface area contributed by atoms with E-state index in [0.29, 0.717) is 12.2 Å². The van der Waals surface area contributed by atoms with Gasteiger partial charge in [-0.2, -0.15) is 0 Å². The molecular formula is C15H16N2O2S. The highest BCUT2D eigenvalue weighted by Crippen LogP contribution is 2.33.